The Morgan fingerprint density at radius 1 is 1.30 bits per heavy atom. The second-order valence-electron chi connectivity index (χ2n) is 2.63. The van der Waals surface area contributed by atoms with Crippen molar-refractivity contribution in [3.8, 4) is 0 Å². The topological polar surface area (TPSA) is 3.24 Å². The highest BCUT2D eigenvalue weighted by atomic mass is 19.4. The second kappa shape index (κ2) is 3.23. The molecule has 0 N–H and O–H groups in total. The molecule has 1 unspecified atom stereocenters. The van der Waals surface area contributed by atoms with Crippen LogP contribution in [-0.4, -0.2) is 31.2 Å². The molecule has 62 valence electrons. The number of alkyl halides is 3. The van der Waals surface area contributed by atoms with Crippen molar-refractivity contribution < 1.29 is 13.2 Å². The predicted molar refractivity (Wildman–Crippen MR) is 33.8 cm³/mol. The Morgan fingerprint density at radius 3 is 1.80 bits per heavy atom. The van der Waals surface area contributed by atoms with Crippen molar-refractivity contribution in [3.05, 3.63) is 0 Å². The van der Waals surface area contributed by atoms with E-state index in [-0.39, 0.29) is 0 Å². The summed E-state index contributed by atoms with van der Waals surface area (Å²) in [4.78, 5) is 1.55. The van der Waals surface area contributed by atoms with Crippen LogP contribution in [0.2, 0.25) is 0 Å². The quantitative estimate of drug-likeness (QED) is 0.588. The number of hydrogen-bond acceptors (Lipinski definition) is 1. The molecule has 0 saturated heterocycles. The Bertz CT molecular complexity index is 97.7. The van der Waals surface area contributed by atoms with Crippen molar-refractivity contribution in [1.29, 1.82) is 0 Å². The molecule has 0 heterocycles. The van der Waals surface area contributed by atoms with Crippen LogP contribution in [0.1, 0.15) is 13.3 Å². The summed E-state index contributed by atoms with van der Waals surface area (Å²) in [7, 11) is 3.27. The van der Waals surface area contributed by atoms with Gasteiger partial charge in [-0.3, -0.25) is 0 Å². The molecule has 0 bridgehead atoms. The van der Waals surface area contributed by atoms with Gasteiger partial charge in [-0.15, -0.1) is 0 Å². The van der Waals surface area contributed by atoms with E-state index in [1.807, 2.05) is 0 Å². The number of rotatable bonds is 2. The molecule has 0 fully saturated rings. The fraction of sp³-hybridized carbons (Fsp3) is 1.00. The van der Waals surface area contributed by atoms with Gasteiger partial charge in [0.2, 0.25) is 0 Å². The van der Waals surface area contributed by atoms with E-state index >= 15 is 0 Å². The van der Waals surface area contributed by atoms with Crippen LogP contribution in [0.15, 0.2) is 0 Å². The smallest absolute Gasteiger partial charge is 0.306 e. The third-order valence-electron chi connectivity index (χ3n) is 1.41. The SMILES string of the molecule is CC(CC(F)(F)F)N(C)C. The van der Waals surface area contributed by atoms with Crippen LogP contribution in [0.4, 0.5) is 13.2 Å². The third-order valence-corrected chi connectivity index (χ3v) is 1.41. The molecule has 0 saturated carbocycles. The molecule has 4 heteroatoms. The van der Waals surface area contributed by atoms with Gasteiger partial charge in [-0.2, -0.15) is 13.2 Å². The summed E-state index contributed by atoms with van der Waals surface area (Å²) < 4.78 is 34.9. The van der Waals surface area contributed by atoms with E-state index in [9.17, 15) is 13.2 Å². The zero-order chi connectivity index (χ0) is 8.36. The van der Waals surface area contributed by atoms with Crippen molar-refractivity contribution in [2.24, 2.45) is 0 Å². The highest BCUT2D eigenvalue weighted by molar-refractivity contribution is 4.64. The maximum absolute atomic E-state index is 11.6. The molecule has 0 aromatic carbocycles. The highest BCUT2D eigenvalue weighted by Gasteiger charge is 2.30. The lowest BCUT2D eigenvalue weighted by atomic mass is 10.2. The number of halogens is 3. The van der Waals surface area contributed by atoms with E-state index in [4.69, 9.17) is 0 Å². The first-order valence-corrected chi connectivity index (χ1v) is 3.06. The van der Waals surface area contributed by atoms with Crippen LogP contribution < -0.4 is 0 Å². The number of hydrogen-bond donors (Lipinski definition) is 0. The maximum atomic E-state index is 11.6. The fourth-order valence-corrected chi connectivity index (χ4v) is 0.518. The van der Waals surface area contributed by atoms with Gasteiger partial charge < -0.3 is 4.90 Å². The van der Waals surface area contributed by atoms with Crippen LogP contribution in [0, 0.1) is 0 Å². The Balaban J connectivity index is 3.68. The molecule has 0 radical (unpaired) electrons. The summed E-state index contributed by atoms with van der Waals surface area (Å²) in [6, 6.07) is -0.431. The summed E-state index contributed by atoms with van der Waals surface area (Å²) in [6.07, 6.45) is -4.77. The summed E-state index contributed by atoms with van der Waals surface area (Å²) in [6.45, 7) is 1.55. The molecule has 0 aliphatic heterocycles. The Hall–Kier alpha value is -0.250. The average molecular weight is 155 g/mol. The molecule has 1 nitrogen and oxygen atoms in total. The Kier molecular flexibility index (Phi) is 3.15. The van der Waals surface area contributed by atoms with Crippen molar-refractivity contribution in [2.45, 2.75) is 25.6 Å². The predicted octanol–water partition coefficient (Wildman–Crippen LogP) is 1.89. The molecule has 0 aromatic heterocycles. The largest absolute Gasteiger partial charge is 0.390 e. The lowest BCUT2D eigenvalue weighted by Crippen LogP contribution is -2.29. The van der Waals surface area contributed by atoms with Gasteiger partial charge in [-0.1, -0.05) is 0 Å². The number of nitrogens with zero attached hydrogens (tertiary/aromatic N) is 1. The molecule has 1 atom stereocenters. The van der Waals surface area contributed by atoms with Gasteiger partial charge in [0, 0.05) is 6.04 Å². The molecule has 0 aliphatic rings. The lowest BCUT2D eigenvalue weighted by Gasteiger charge is -2.20. The van der Waals surface area contributed by atoms with Crippen LogP contribution in [0.25, 0.3) is 0 Å². The van der Waals surface area contributed by atoms with Crippen molar-refractivity contribution >= 4 is 0 Å². The highest BCUT2D eigenvalue weighted by Crippen LogP contribution is 2.22. The normalized spacial score (nSPS) is 15.9. The molecule has 0 aliphatic carbocycles. The van der Waals surface area contributed by atoms with Gasteiger partial charge in [0.1, 0.15) is 0 Å². The van der Waals surface area contributed by atoms with Gasteiger partial charge in [0.25, 0.3) is 0 Å². The molecule has 10 heavy (non-hydrogen) atoms. The molecule has 0 aromatic rings. The fourth-order valence-electron chi connectivity index (χ4n) is 0.518. The summed E-state index contributed by atoms with van der Waals surface area (Å²) >= 11 is 0. The monoisotopic (exact) mass is 155 g/mol. The standard InChI is InChI=1S/C6H12F3N/c1-5(10(2)3)4-6(7,8)9/h5H,4H2,1-3H3. The minimum atomic E-state index is -4.04. The van der Waals surface area contributed by atoms with Gasteiger partial charge in [-0.25, -0.2) is 0 Å². The summed E-state index contributed by atoms with van der Waals surface area (Å²) in [5.41, 5.74) is 0. The van der Waals surface area contributed by atoms with E-state index in [1.165, 1.54) is 0 Å². The van der Waals surface area contributed by atoms with Crippen LogP contribution in [-0.2, 0) is 0 Å². The minimum absolute atomic E-state index is 0.431. The van der Waals surface area contributed by atoms with Gasteiger partial charge in [-0.05, 0) is 21.0 Å². The Morgan fingerprint density at radius 2 is 1.70 bits per heavy atom. The van der Waals surface area contributed by atoms with E-state index in [2.05, 4.69) is 0 Å². The van der Waals surface area contributed by atoms with Crippen molar-refractivity contribution in [2.75, 3.05) is 14.1 Å². The van der Waals surface area contributed by atoms with Crippen LogP contribution in [0.5, 0.6) is 0 Å². The van der Waals surface area contributed by atoms with E-state index in [0.29, 0.717) is 0 Å². The van der Waals surface area contributed by atoms with E-state index in [1.54, 1.807) is 25.9 Å². The van der Waals surface area contributed by atoms with Crippen LogP contribution in [0.3, 0.4) is 0 Å². The van der Waals surface area contributed by atoms with Crippen LogP contribution >= 0.6 is 0 Å². The zero-order valence-corrected chi connectivity index (χ0v) is 6.37. The average Bonchev–Trinajstić information content (AvgIpc) is 1.60. The minimum Gasteiger partial charge on any atom is -0.306 e. The first kappa shape index (κ1) is 9.75. The third kappa shape index (κ3) is 4.61. The lowest BCUT2D eigenvalue weighted by molar-refractivity contribution is -0.144. The second-order valence-corrected chi connectivity index (χ2v) is 2.63. The zero-order valence-electron chi connectivity index (χ0n) is 6.37. The van der Waals surface area contributed by atoms with E-state index in [0.717, 1.165) is 0 Å². The first-order chi connectivity index (χ1) is 4.33. The van der Waals surface area contributed by atoms with Gasteiger partial charge in [0.15, 0.2) is 0 Å². The maximum Gasteiger partial charge on any atom is 0.390 e. The summed E-state index contributed by atoms with van der Waals surface area (Å²) in [5, 5.41) is 0. The first-order valence-electron chi connectivity index (χ1n) is 3.06. The Labute approximate surface area is 58.8 Å². The molecule has 0 amide bonds. The molecule has 0 rings (SSSR count). The molecule has 0 spiro atoms. The molecular weight excluding hydrogens is 143 g/mol. The summed E-state index contributed by atoms with van der Waals surface area (Å²) in [5.74, 6) is 0. The van der Waals surface area contributed by atoms with Crippen molar-refractivity contribution in [1.82, 2.24) is 4.90 Å². The van der Waals surface area contributed by atoms with Crippen molar-refractivity contribution in [3.63, 3.8) is 0 Å². The molecular formula is C6H12F3N. The van der Waals surface area contributed by atoms with Gasteiger partial charge in [0.05, 0.1) is 6.42 Å². The van der Waals surface area contributed by atoms with Gasteiger partial charge >= 0.3 is 6.18 Å². The van der Waals surface area contributed by atoms with E-state index < -0.39 is 18.6 Å².